The van der Waals surface area contributed by atoms with Crippen molar-refractivity contribution in [2.24, 2.45) is 0 Å². The molecule has 0 saturated heterocycles. The predicted molar refractivity (Wildman–Crippen MR) is 47.1 cm³/mol. The van der Waals surface area contributed by atoms with E-state index in [1.165, 1.54) is 0 Å². The van der Waals surface area contributed by atoms with Crippen LogP contribution in [0.2, 0.25) is 0 Å². The zero-order valence-electron chi connectivity index (χ0n) is 5.57. The van der Waals surface area contributed by atoms with E-state index in [0.717, 1.165) is 6.07 Å². The molecule has 0 bridgehead atoms. The first-order valence-corrected chi connectivity index (χ1v) is 4.44. The Morgan fingerprint density at radius 1 is 1.25 bits per heavy atom. The van der Waals surface area contributed by atoms with Crippen LogP contribution in [0.5, 0.6) is 0 Å². The molecule has 0 aliphatic heterocycles. The van der Waals surface area contributed by atoms with Crippen LogP contribution in [-0.4, -0.2) is 6.29 Å². The lowest BCUT2D eigenvalue weighted by atomic mass is 10.2. The molecule has 0 heterocycles. The molecule has 0 aliphatic rings. The molecule has 0 saturated carbocycles. The van der Waals surface area contributed by atoms with E-state index in [1.807, 2.05) is 0 Å². The molecule has 0 spiro atoms. The molecule has 1 rings (SSSR count). The van der Waals surface area contributed by atoms with Gasteiger partial charge in [0.15, 0.2) is 17.9 Å². The van der Waals surface area contributed by atoms with Crippen LogP contribution in [0.4, 0.5) is 8.78 Å². The van der Waals surface area contributed by atoms with Gasteiger partial charge in [0.1, 0.15) is 0 Å². The van der Waals surface area contributed by atoms with Crippen molar-refractivity contribution in [1.29, 1.82) is 0 Å². The van der Waals surface area contributed by atoms with Gasteiger partial charge in [-0.15, -0.1) is 0 Å². The molecular weight excluding hydrogens is 298 g/mol. The van der Waals surface area contributed by atoms with Crippen molar-refractivity contribution in [2.45, 2.75) is 0 Å². The summed E-state index contributed by atoms with van der Waals surface area (Å²) in [6.45, 7) is 0. The fraction of sp³-hybridized carbons (Fsp3) is 0. The van der Waals surface area contributed by atoms with Crippen LogP contribution in [0.3, 0.4) is 0 Å². The molecule has 0 unspecified atom stereocenters. The Bertz CT molecular complexity index is 339. The Balaban J connectivity index is 3.49. The van der Waals surface area contributed by atoms with Gasteiger partial charge in [-0.1, -0.05) is 0 Å². The Morgan fingerprint density at radius 3 is 2.33 bits per heavy atom. The van der Waals surface area contributed by atoms with Crippen LogP contribution in [0.25, 0.3) is 0 Å². The van der Waals surface area contributed by atoms with Crippen molar-refractivity contribution >= 4 is 38.1 Å². The Hall–Kier alpha value is -0.290. The Kier molecular flexibility index (Phi) is 2.95. The fourth-order valence-electron chi connectivity index (χ4n) is 0.677. The maximum absolute atomic E-state index is 12.7. The van der Waals surface area contributed by atoms with Crippen molar-refractivity contribution in [3.05, 3.63) is 32.2 Å². The first-order chi connectivity index (χ1) is 5.57. The zero-order chi connectivity index (χ0) is 9.30. The van der Waals surface area contributed by atoms with Gasteiger partial charge in [0.2, 0.25) is 0 Å². The van der Waals surface area contributed by atoms with Gasteiger partial charge in [0.25, 0.3) is 0 Å². The standard InChI is InChI=1S/C7H2Br2F2O/c8-5-3(2-12)1-4(10)7(11)6(5)9/h1-2H. The average Bonchev–Trinajstić information content (AvgIpc) is 2.08. The minimum absolute atomic E-state index is 0.0702. The van der Waals surface area contributed by atoms with E-state index in [0.29, 0.717) is 6.29 Å². The lowest BCUT2D eigenvalue weighted by Crippen LogP contribution is -1.92. The first-order valence-electron chi connectivity index (χ1n) is 2.86. The molecule has 1 aromatic rings. The summed E-state index contributed by atoms with van der Waals surface area (Å²) in [4.78, 5) is 10.3. The Labute approximate surface area is 84.0 Å². The Morgan fingerprint density at radius 2 is 1.83 bits per heavy atom. The number of carbonyl (C=O) groups excluding carboxylic acids is 1. The van der Waals surface area contributed by atoms with E-state index in [4.69, 9.17) is 0 Å². The van der Waals surface area contributed by atoms with Gasteiger partial charge in [0.05, 0.1) is 4.47 Å². The van der Waals surface area contributed by atoms with Crippen molar-refractivity contribution < 1.29 is 13.6 Å². The normalized spacial score (nSPS) is 10.0. The highest BCUT2D eigenvalue weighted by Crippen LogP contribution is 2.30. The monoisotopic (exact) mass is 298 g/mol. The summed E-state index contributed by atoms with van der Waals surface area (Å²) in [6, 6.07) is 0.831. The number of aldehydes is 1. The van der Waals surface area contributed by atoms with E-state index in [2.05, 4.69) is 31.9 Å². The third-order valence-electron chi connectivity index (χ3n) is 1.26. The quantitative estimate of drug-likeness (QED) is 0.442. The van der Waals surface area contributed by atoms with E-state index < -0.39 is 11.6 Å². The van der Waals surface area contributed by atoms with Crippen LogP contribution >= 0.6 is 31.9 Å². The topological polar surface area (TPSA) is 17.1 Å². The van der Waals surface area contributed by atoms with Crippen molar-refractivity contribution in [3.8, 4) is 0 Å². The summed E-state index contributed by atoms with van der Waals surface area (Å²) < 4.78 is 25.5. The van der Waals surface area contributed by atoms with E-state index >= 15 is 0 Å². The summed E-state index contributed by atoms with van der Waals surface area (Å²) >= 11 is 5.74. The molecule has 1 nitrogen and oxygen atoms in total. The fourth-order valence-corrected chi connectivity index (χ4v) is 1.48. The summed E-state index contributed by atoms with van der Waals surface area (Å²) in [5.74, 6) is -2.06. The maximum Gasteiger partial charge on any atom is 0.174 e. The molecule has 0 radical (unpaired) electrons. The molecule has 5 heteroatoms. The SMILES string of the molecule is O=Cc1cc(F)c(F)c(Br)c1Br. The van der Waals surface area contributed by atoms with Gasteiger partial charge in [-0.3, -0.25) is 4.79 Å². The van der Waals surface area contributed by atoms with E-state index in [1.54, 1.807) is 0 Å². The second kappa shape index (κ2) is 3.62. The second-order valence-corrected chi connectivity index (χ2v) is 3.59. The number of benzene rings is 1. The smallest absolute Gasteiger partial charge is 0.174 e. The number of hydrogen-bond acceptors (Lipinski definition) is 1. The molecule has 0 atom stereocenters. The van der Waals surface area contributed by atoms with E-state index in [-0.39, 0.29) is 14.5 Å². The van der Waals surface area contributed by atoms with Crippen LogP contribution in [0.1, 0.15) is 10.4 Å². The van der Waals surface area contributed by atoms with Gasteiger partial charge in [0, 0.05) is 10.0 Å². The second-order valence-electron chi connectivity index (χ2n) is 2.01. The highest BCUT2D eigenvalue weighted by Gasteiger charge is 2.13. The largest absolute Gasteiger partial charge is 0.298 e. The summed E-state index contributed by atoms with van der Waals surface area (Å²) in [7, 11) is 0. The molecule has 1 aromatic carbocycles. The molecule has 0 N–H and O–H groups in total. The van der Waals surface area contributed by atoms with Gasteiger partial charge in [-0.25, -0.2) is 8.78 Å². The van der Waals surface area contributed by atoms with Gasteiger partial charge in [-0.2, -0.15) is 0 Å². The molecule has 64 valence electrons. The molecule has 0 fully saturated rings. The van der Waals surface area contributed by atoms with Crippen molar-refractivity contribution in [3.63, 3.8) is 0 Å². The lowest BCUT2D eigenvalue weighted by molar-refractivity contribution is 0.112. The minimum atomic E-state index is -1.05. The molecule has 0 aliphatic carbocycles. The molecular formula is C7H2Br2F2O. The number of rotatable bonds is 1. The average molecular weight is 300 g/mol. The van der Waals surface area contributed by atoms with Crippen LogP contribution in [0.15, 0.2) is 15.0 Å². The van der Waals surface area contributed by atoms with Crippen LogP contribution in [0, 0.1) is 11.6 Å². The predicted octanol–water partition coefficient (Wildman–Crippen LogP) is 3.30. The van der Waals surface area contributed by atoms with Crippen LogP contribution < -0.4 is 0 Å². The summed E-state index contributed by atoms with van der Waals surface area (Å²) in [5.41, 5.74) is 0.0702. The van der Waals surface area contributed by atoms with Gasteiger partial charge < -0.3 is 0 Å². The molecule has 0 aromatic heterocycles. The zero-order valence-corrected chi connectivity index (χ0v) is 8.75. The highest BCUT2D eigenvalue weighted by molar-refractivity contribution is 9.13. The van der Waals surface area contributed by atoms with Gasteiger partial charge >= 0.3 is 0 Å². The third-order valence-corrected chi connectivity index (χ3v) is 3.39. The highest BCUT2D eigenvalue weighted by atomic mass is 79.9. The summed E-state index contributed by atoms with van der Waals surface area (Å²) in [6.07, 6.45) is 0.442. The first kappa shape index (κ1) is 9.80. The van der Waals surface area contributed by atoms with E-state index in [9.17, 15) is 13.6 Å². The van der Waals surface area contributed by atoms with Crippen molar-refractivity contribution in [1.82, 2.24) is 0 Å². The van der Waals surface area contributed by atoms with Crippen molar-refractivity contribution in [2.75, 3.05) is 0 Å². The lowest BCUT2D eigenvalue weighted by Gasteiger charge is -2.01. The van der Waals surface area contributed by atoms with Crippen LogP contribution in [-0.2, 0) is 0 Å². The third kappa shape index (κ3) is 1.56. The number of carbonyl (C=O) groups is 1. The summed E-state index contributed by atoms with van der Waals surface area (Å²) in [5, 5.41) is 0. The number of hydrogen-bond donors (Lipinski definition) is 0. The molecule has 0 amide bonds. The van der Waals surface area contributed by atoms with Gasteiger partial charge in [-0.05, 0) is 37.9 Å². The maximum atomic E-state index is 12.7. The molecule has 12 heavy (non-hydrogen) atoms. The number of halogens is 4. The minimum Gasteiger partial charge on any atom is -0.298 e.